The first-order valence-electron chi connectivity index (χ1n) is 7.43. The lowest BCUT2D eigenvalue weighted by molar-refractivity contribution is -0.147. The van der Waals surface area contributed by atoms with Gasteiger partial charge in [-0.25, -0.2) is 0 Å². The molecule has 1 unspecified atom stereocenters. The lowest BCUT2D eigenvalue weighted by atomic mass is 10.1. The minimum absolute atomic E-state index is 0.125. The van der Waals surface area contributed by atoms with Gasteiger partial charge in [-0.2, -0.15) is 0 Å². The molecule has 24 heavy (non-hydrogen) atoms. The molecule has 0 bridgehead atoms. The Bertz CT molecular complexity index is 690. The summed E-state index contributed by atoms with van der Waals surface area (Å²) >= 11 is 12.4. The first kappa shape index (κ1) is 18.5. The highest BCUT2D eigenvalue weighted by molar-refractivity contribution is 6.39. The zero-order chi connectivity index (χ0) is 17.5. The molecule has 0 amide bonds. The maximum absolute atomic E-state index is 12.1. The maximum Gasteiger partial charge on any atom is 0.310 e. The Morgan fingerprint density at radius 1 is 1.17 bits per heavy atom. The third-order valence-electron chi connectivity index (χ3n) is 3.31. The van der Waals surface area contributed by atoms with Crippen molar-refractivity contribution in [3.63, 3.8) is 0 Å². The zero-order valence-corrected chi connectivity index (χ0v) is 14.7. The molecule has 0 aromatic heterocycles. The molecule has 0 radical (unpaired) electrons. The number of para-hydroxylation sites is 2. The van der Waals surface area contributed by atoms with E-state index in [1.807, 2.05) is 24.3 Å². The van der Waals surface area contributed by atoms with Crippen LogP contribution in [-0.4, -0.2) is 18.6 Å². The summed E-state index contributed by atoms with van der Waals surface area (Å²) in [6.45, 7) is 2.16. The predicted molar refractivity (Wildman–Crippen MR) is 97.6 cm³/mol. The molecule has 0 saturated carbocycles. The van der Waals surface area contributed by atoms with E-state index >= 15 is 0 Å². The molecule has 4 N–H and O–H groups in total. The smallest absolute Gasteiger partial charge is 0.310 e. The molecule has 2 rings (SSSR count). The number of nitrogens with one attached hydrogen (secondary N) is 2. The SMILES string of the molecule is CC(CNN)OC(=O)Cc1ccccc1Nc1c(Cl)cccc1Cl. The van der Waals surface area contributed by atoms with Crippen LogP contribution in [0, 0.1) is 0 Å². The standard InChI is InChI=1S/C17H19Cl2N3O2/c1-11(10-21-20)24-16(23)9-12-5-2-3-8-15(12)22-17-13(18)6-4-7-14(17)19/h2-8,11,21-22H,9-10,20H2,1H3. The van der Waals surface area contributed by atoms with Crippen LogP contribution in [0.25, 0.3) is 0 Å². The van der Waals surface area contributed by atoms with Gasteiger partial charge in [0.15, 0.2) is 0 Å². The molecule has 7 heteroatoms. The van der Waals surface area contributed by atoms with E-state index in [0.29, 0.717) is 22.3 Å². The third kappa shape index (κ3) is 5.11. The van der Waals surface area contributed by atoms with Crippen molar-refractivity contribution in [1.29, 1.82) is 0 Å². The van der Waals surface area contributed by atoms with Gasteiger partial charge in [0.25, 0.3) is 0 Å². The number of benzene rings is 2. The fraction of sp³-hybridized carbons (Fsp3) is 0.235. The van der Waals surface area contributed by atoms with E-state index in [4.69, 9.17) is 33.8 Å². The normalized spacial score (nSPS) is 11.8. The lowest BCUT2D eigenvalue weighted by Gasteiger charge is -2.16. The Hall–Kier alpha value is -1.79. The van der Waals surface area contributed by atoms with Crippen molar-refractivity contribution in [3.05, 3.63) is 58.1 Å². The van der Waals surface area contributed by atoms with Gasteiger partial charge in [-0.15, -0.1) is 0 Å². The monoisotopic (exact) mass is 367 g/mol. The van der Waals surface area contributed by atoms with Crippen molar-refractivity contribution < 1.29 is 9.53 Å². The number of hydrogen-bond donors (Lipinski definition) is 3. The van der Waals surface area contributed by atoms with Crippen molar-refractivity contribution in [2.75, 3.05) is 11.9 Å². The summed E-state index contributed by atoms with van der Waals surface area (Å²) in [5, 5.41) is 4.19. The first-order chi connectivity index (χ1) is 11.5. The summed E-state index contributed by atoms with van der Waals surface area (Å²) in [5.74, 6) is 4.88. The summed E-state index contributed by atoms with van der Waals surface area (Å²) in [7, 11) is 0. The summed E-state index contributed by atoms with van der Waals surface area (Å²) in [6.07, 6.45) is -0.180. The van der Waals surface area contributed by atoms with E-state index in [9.17, 15) is 4.79 Å². The number of halogens is 2. The van der Waals surface area contributed by atoms with Gasteiger partial charge in [-0.05, 0) is 30.7 Å². The Morgan fingerprint density at radius 2 is 1.83 bits per heavy atom. The second-order valence-electron chi connectivity index (χ2n) is 5.26. The van der Waals surface area contributed by atoms with Crippen molar-refractivity contribution in [2.45, 2.75) is 19.4 Å². The van der Waals surface area contributed by atoms with Crippen molar-refractivity contribution in [2.24, 2.45) is 5.84 Å². The number of hydrogen-bond acceptors (Lipinski definition) is 5. The van der Waals surface area contributed by atoms with Gasteiger partial charge < -0.3 is 10.1 Å². The number of carbonyl (C=O) groups excluding carboxylic acids is 1. The minimum Gasteiger partial charge on any atom is -0.461 e. The second kappa shape index (κ2) is 8.89. The second-order valence-corrected chi connectivity index (χ2v) is 6.08. The Balaban J connectivity index is 2.14. The van der Waals surface area contributed by atoms with Gasteiger partial charge in [0, 0.05) is 12.2 Å². The summed E-state index contributed by atoms with van der Waals surface area (Å²) in [5.41, 5.74) is 4.60. The van der Waals surface area contributed by atoms with E-state index in [2.05, 4.69) is 10.7 Å². The molecule has 128 valence electrons. The number of anilines is 2. The molecule has 1 atom stereocenters. The van der Waals surface area contributed by atoms with Crippen molar-refractivity contribution >= 4 is 40.5 Å². The highest BCUT2D eigenvalue weighted by atomic mass is 35.5. The number of nitrogens with two attached hydrogens (primary N) is 1. The van der Waals surface area contributed by atoms with Crippen molar-refractivity contribution in [3.8, 4) is 0 Å². The summed E-state index contributed by atoms with van der Waals surface area (Å²) in [6, 6.07) is 12.7. The molecule has 0 spiro atoms. The molecule has 0 saturated heterocycles. The average Bonchev–Trinajstić information content (AvgIpc) is 2.52. The number of hydrazine groups is 1. The van der Waals surface area contributed by atoms with E-state index in [-0.39, 0.29) is 18.5 Å². The molecule has 0 aliphatic carbocycles. The van der Waals surface area contributed by atoms with Gasteiger partial charge in [-0.1, -0.05) is 47.5 Å². The van der Waals surface area contributed by atoms with Crippen LogP contribution in [-0.2, 0) is 16.0 Å². The van der Waals surface area contributed by atoms with Crippen molar-refractivity contribution in [1.82, 2.24) is 5.43 Å². The van der Waals surface area contributed by atoms with E-state index < -0.39 is 0 Å². The summed E-state index contributed by atoms with van der Waals surface area (Å²) in [4.78, 5) is 12.1. The van der Waals surface area contributed by atoms with Crippen LogP contribution in [0.3, 0.4) is 0 Å². The molecule has 0 aliphatic rings. The molecular weight excluding hydrogens is 349 g/mol. The Morgan fingerprint density at radius 3 is 2.50 bits per heavy atom. The maximum atomic E-state index is 12.1. The molecule has 0 fully saturated rings. The van der Waals surface area contributed by atoms with Gasteiger partial charge >= 0.3 is 5.97 Å². The molecule has 0 aliphatic heterocycles. The highest BCUT2D eigenvalue weighted by Gasteiger charge is 2.14. The van der Waals surface area contributed by atoms with E-state index in [1.165, 1.54) is 0 Å². The molecule has 2 aromatic carbocycles. The van der Waals surface area contributed by atoms with E-state index in [0.717, 1.165) is 11.3 Å². The van der Waals surface area contributed by atoms with E-state index in [1.54, 1.807) is 25.1 Å². The number of rotatable bonds is 7. The van der Waals surface area contributed by atoms with Crippen LogP contribution in [0.2, 0.25) is 10.0 Å². The topological polar surface area (TPSA) is 76.4 Å². The molecular formula is C17H19Cl2N3O2. The Kier molecular flexibility index (Phi) is 6.87. The van der Waals surface area contributed by atoms with Crippen LogP contribution >= 0.6 is 23.2 Å². The number of ether oxygens (including phenoxy) is 1. The molecule has 5 nitrogen and oxygen atoms in total. The fourth-order valence-corrected chi connectivity index (χ4v) is 2.67. The fourth-order valence-electron chi connectivity index (χ4n) is 2.18. The number of carbonyl (C=O) groups is 1. The van der Waals surface area contributed by atoms with Gasteiger partial charge in [-0.3, -0.25) is 16.1 Å². The quantitative estimate of drug-likeness (QED) is 0.395. The highest BCUT2D eigenvalue weighted by Crippen LogP contribution is 2.33. The average molecular weight is 368 g/mol. The van der Waals surface area contributed by atoms with Crippen LogP contribution in [0.1, 0.15) is 12.5 Å². The largest absolute Gasteiger partial charge is 0.461 e. The number of esters is 1. The van der Waals surface area contributed by atoms with Crippen LogP contribution in [0.4, 0.5) is 11.4 Å². The third-order valence-corrected chi connectivity index (χ3v) is 3.94. The zero-order valence-electron chi connectivity index (χ0n) is 13.2. The van der Waals surface area contributed by atoms with Crippen LogP contribution < -0.4 is 16.6 Å². The Labute approximate surface area is 151 Å². The lowest BCUT2D eigenvalue weighted by Crippen LogP contribution is -2.33. The predicted octanol–water partition coefficient (Wildman–Crippen LogP) is 3.67. The molecule has 2 aromatic rings. The van der Waals surface area contributed by atoms with Gasteiger partial charge in [0.05, 0.1) is 22.2 Å². The van der Waals surface area contributed by atoms with Crippen LogP contribution in [0.5, 0.6) is 0 Å². The minimum atomic E-state index is -0.336. The van der Waals surface area contributed by atoms with Gasteiger partial charge in [0.2, 0.25) is 0 Å². The molecule has 0 heterocycles. The van der Waals surface area contributed by atoms with Crippen LogP contribution in [0.15, 0.2) is 42.5 Å². The first-order valence-corrected chi connectivity index (χ1v) is 8.18. The van der Waals surface area contributed by atoms with Gasteiger partial charge in [0.1, 0.15) is 6.10 Å². The summed E-state index contributed by atoms with van der Waals surface area (Å²) < 4.78 is 5.29.